The zero-order valence-corrected chi connectivity index (χ0v) is 13.5. The van der Waals surface area contributed by atoms with Crippen molar-refractivity contribution in [3.8, 4) is 0 Å². The van der Waals surface area contributed by atoms with Crippen LogP contribution >= 0.6 is 0 Å². The Morgan fingerprint density at radius 1 is 1.26 bits per heavy atom. The summed E-state index contributed by atoms with van der Waals surface area (Å²) in [5.41, 5.74) is 4.57. The number of aryl methyl sites for hydroxylation is 1. The third-order valence-corrected chi connectivity index (χ3v) is 4.60. The van der Waals surface area contributed by atoms with Gasteiger partial charge in [0.15, 0.2) is 5.65 Å². The molecule has 1 atom stereocenters. The molecule has 0 saturated carbocycles. The first-order valence-corrected chi connectivity index (χ1v) is 8.39. The van der Waals surface area contributed by atoms with E-state index < -0.39 is 0 Å². The van der Waals surface area contributed by atoms with Crippen LogP contribution < -0.4 is 5.32 Å². The Morgan fingerprint density at radius 2 is 2.22 bits per heavy atom. The summed E-state index contributed by atoms with van der Waals surface area (Å²) in [5, 5.41) is 3.58. The van der Waals surface area contributed by atoms with E-state index in [4.69, 9.17) is 4.98 Å². The van der Waals surface area contributed by atoms with Crippen LogP contribution in [0.2, 0.25) is 0 Å². The summed E-state index contributed by atoms with van der Waals surface area (Å²) < 4.78 is 2.28. The average Bonchev–Trinajstić information content (AvgIpc) is 3.17. The molecule has 1 unspecified atom stereocenters. The van der Waals surface area contributed by atoms with E-state index in [1.54, 1.807) is 0 Å². The van der Waals surface area contributed by atoms with E-state index in [1.165, 1.54) is 24.0 Å². The van der Waals surface area contributed by atoms with Crippen LogP contribution in [0.15, 0.2) is 42.6 Å². The molecule has 3 aromatic rings. The number of nitrogens with zero attached hydrogens (tertiary/aromatic N) is 3. The molecule has 1 N–H and O–H groups in total. The van der Waals surface area contributed by atoms with Gasteiger partial charge in [0.05, 0.1) is 6.54 Å². The Hall–Kier alpha value is -2.20. The Morgan fingerprint density at radius 3 is 3.04 bits per heavy atom. The lowest BCUT2D eigenvalue weighted by molar-refractivity contribution is 0.568. The molecule has 1 aliphatic heterocycles. The zero-order chi connectivity index (χ0) is 15.6. The zero-order valence-electron chi connectivity index (χ0n) is 13.5. The third kappa shape index (κ3) is 2.99. The van der Waals surface area contributed by atoms with Crippen LogP contribution in [-0.2, 0) is 13.0 Å². The van der Waals surface area contributed by atoms with Crippen LogP contribution in [-0.4, -0.2) is 27.1 Å². The van der Waals surface area contributed by atoms with Crippen LogP contribution in [0.5, 0.6) is 0 Å². The highest BCUT2D eigenvalue weighted by molar-refractivity contribution is 5.71. The summed E-state index contributed by atoms with van der Waals surface area (Å²) in [5.74, 6) is 1.14. The smallest absolute Gasteiger partial charge is 0.160 e. The van der Waals surface area contributed by atoms with Crippen molar-refractivity contribution in [2.24, 2.45) is 0 Å². The Balaban J connectivity index is 1.72. The largest absolute Gasteiger partial charge is 0.314 e. The first-order valence-electron chi connectivity index (χ1n) is 8.39. The van der Waals surface area contributed by atoms with E-state index >= 15 is 0 Å². The Labute approximate surface area is 136 Å². The lowest BCUT2D eigenvalue weighted by Gasteiger charge is -2.13. The SMILES string of the molecule is Cc1cccc(Cn2c(CC3CCCN3)nc3cccnc32)c1. The minimum absolute atomic E-state index is 0.545. The molecule has 4 nitrogen and oxygen atoms in total. The molecular weight excluding hydrogens is 284 g/mol. The average molecular weight is 306 g/mol. The van der Waals surface area contributed by atoms with Gasteiger partial charge in [0.1, 0.15) is 11.3 Å². The summed E-state index contributed by atoms with van der Waals surface area (Å²) >= 11 is 0. The van der Waals surface area contributed by atoms with Gasteiger partial charge in [-0.3, -0.25) is 0 Å². The first kappa shape index (κ1) is 14.4. The highest BCUT2D eigenvalue weighted by Gasteiger charge is 2.19. The summed E-state index contributed by atoms with van der Waals surface area (Å²) in [6.45, 7) is 4.09. The molecule has 1 aromatic carbocycles. The molecule has 0 radical (unpaired) electrons. The minimum atomic E-state index is 0.545. The van der Waals surface area contributed by atoms with E-state index in [0.29, 0.717) is 6.04 Å². The normalized spacial score (nSPS) is 17.9. The van der Waals surface area contributed by atoms with Crippen molar-refractivity contribution in [2.45, 2.75) is 38.8 Å². The molecule has 3 heterocycles. The molecule has 0 aliphatic carbocycles. The summed E-state index contributed by atoms with van der Waals surface area (Å²) in [6, 6.07) is 13.2. The van der Waals surface area contributed by atoms with Gasteiger partial charge in [0, 0.05) is 18.7 Å². The lowest BCUT2D eigenvalue weighted by atomic mass is 10.1. The molecule has 1 fully saturated rings. The molecule has 1 aliphatic rings. The number of imidazole rings is 1. The maximum atomic E-state index is 4.86. The summed E-state index contributed by atoms with van der Waals surface area (Å²) in [4.78, 5) is 9.43. The first-order chi connectivity index (χ1) is 11.3. The number of benzene rings is 1. The van der Waals surface area contributed by atoms with Crippen LogP contribution in [0.1, 0.15) is 29.8 Å². The molecule has 0 spiro atoms. The highest BCUT2D eigenvalue weighted by Crippen LogP contribution is 2.19. The monoisotopic (exact) mass is 306 g/mol. The van der Waals surface area contributed by atoms with Crippen LogP contribution in [0.3, 0.4) is 0 Å². The maximum absolute atomic E-state index is 4.86. The number of hydrogen-bond donors (Lipinski definition) is 1. The highest BCUT2D eigenvalue weighted by atomic mass is 15.1. The molecule has 118 valence electrons. The van der Waals surface area contributed by atoms with Crippen molar-refractivity contribution < 1.29 is 0 Å². The van der Waals surface area contributed by atoms with Crippen molar-refractivity contribution in [3.63, 3.8) is 0 Å². The standard InChI is InChI=1S/C19H22N4/c1-14-5-2-6-15(11-14)13-23-18(12-16-7-3-9-20-16)22-17-8-4-10-21-19(17)23/h2,4-6,8,10-11,16,20H,3,7,9,12-13H2,1H3. The van der Waals surface area contributed by atoms with Crippen molar-refractivity contribution in [3.05, 3.63) is 59.5 Å². The Kier molecular flexibility index (Phi) is 3.83. The summed E-state index contributed by atoms with van der Waals surface area (Å²) in [7, 11) is 0. The van der Waals surface area contributed by atoms with Crippen LogP contribution in [0.25, 0.3) is 11.2 Å². The van der Waals surface area contributed by atoms with Crippen LogP contribution in [0, 0.1) is 6.92 Å². The quantitative estimate of drug-likeness (QED) is 0.805. The molecule has 4 heteroatoms. The van der Waals surface area contributed by atoms with Gasteiger partial charge in [-0.25, -0.2) is 9.97 Å². The fraction of sp³-hybridized carbons (Fsp3) is 0.368. The molecule has 4 rings (SSSR count). The third-order valence-electron chi connectivity index (χ3n) is 4.60. The topological polar surface area (TPSA) is 42.7 Å². The van der Waals surface area contributed by atoms with Crippen molar-refractivity contribution in [1.29, 1.82) is 0 Å². The number of fused-ring (bicyclic) bond motifs is 1. The minimum Gasteiger partial charge on any atom is -0.314 e. The van der Waals surface area contributed by atoms with E-state index in [2.05, 4.69) is 52.1 Å². The number of nitrogens with one attached hydrogen (secondary N) is 1. The van der Waals surface area contributed by atoms with E-state index in [9.17, 15) is 0 Å². The van der Waals surface area contributed by atoms with Gasteiger partial charge in [0.2, 0.25) is 0 Å². The molecule has 2 aromatic heterocycles. The number of aromatic nitrogens is 3. The van der Waals surface area contributed by atoms with Crippen molar-refractivity contribution in [1.82, 2.24) is 19.9 Å². The fourth-order valence-electron chi connectivity index (χ4n) is 3.47. The maximum Gasteiger partial charge on any atom is 0.160 e. The van der Waals surface area contributed by atoms with E-state index in [0.717, 1.165) is 36.5 Å². The van der Waals surface area contributed by atoms with Gasteiger partial charge in [-0.2, -0.15) is 0 Å². The molecule has 23 heavy (non-hydrogen) atoms. The van der Waals surface area contributed by atoms with Crippen molar-refractivity contribution in [2.75, 3.05) is 6.54 Å². The number of pyridine rings is 1. The van der Waals surface area contributed by atoms with Gasteiger partial charge in [-0.1, -0.05) is 29.8 Å². The van der Waals surface area contributed by atoms with Gasteiger partial charge in [0.25, 0.3) is 0 Å². The van der Waals surface area contributed by atoms with E-state index in [1.807, 2.05) is 12.3 Å². The Bertz CT molecular complexity index is 815. The van der Waals surface area contributed by atoms with Gasteiger partial charge in [-0.05, 0) is 44.0 Å². The van der Waals surface area contributed by atoms with Gasteiger partial charge in [-0.15, -0.1) is 0 Å². The molecule has 1 saturated heterocycles. The predicted octanol–water partition coefficient (Wildman–Crippen LogP) is 3.08. The predicted molar refractivity (Wildman–Crippen MR) is 92.5 cm³/mol. The van der Waals surface area contributed by atoms with E-state index in [-0.39, 0.29) is 0 Å². The fourth-order valence-corrected chi connectivity index (χ4v) is 3.47. The number of rotatable bonds is 4. The van der Waals surface area contributed by atoms with Crippen molar-refractivity contribution >= 4 is 11.2 Å². The summed E-state index contributed by atoms with van der Waals surface area (Å²) in [6.07, 6.45) is 5.33. The van der Waals surface area contributed by atoms with Gasteiger partial charge >= 0.3 is 0 Å². The molecule has 0 amide bonds. The second kappa shape index (κ2) is 6.13. The number of hydrogen-bond acceptors (Lipinski definition) is 3. The van der Waals surface area contributed by atoms with Crippen LogP contribution in [0.4, 0.5) is 0 Å². The lowest BCUT2D eigenvalue weighted by Crippen LogP contribution is -2.25. The second-order valence-electron chi connectivity index (χ2n) is 6.45. The van der Waals surface area contributed by atoms with Gasteiger partial charge < -0.3 is 9.88 Å². The molecule has 0 bridgehead atoms. The second-order valence-corrected chi connectivity index (χ2v) is 6.45. The molecular formula is C19H22N4.